The molecule has 0 aromatic carbocycles. The van der Waals surface area contributed by atoms with Gasteiger partial charge < -0.3 is 4.42 Å². The lowest BCUT2D eigenvalue weighted by atomic mass is 10.4. The van der Waals surface area contributed by atoms with Gasteiger partial charge in [0.05, 0.1) is 12.4 Å². The summed E-state index contributed by atoms with van der Waals surface area (Å²) in [5, 5.41) is 7.75. The first-order valence-corrected chi connectivity index (χ1v) is 9.54. The number of aryl methyl sites for hydroxylation is 2. The molecule has 7 nitrogen and oxygen atoms in total. The molecule has 2 amide bonds. The lowest BCUT2D eigenvalue weighted by Crippen LogP contribution is -2.18. The number of furan rings is 1. The van der Waals surface area contributed by atoms with E-state index in [0.29, 0.717) is 0 Å². The van der Waals surface area contributed by atoms with Crippen molar-refractivity contribution in [2.75, 3.05) is 0 Å². The molecule has 3 aromatic rings. The normalized spacial score (nSPS) is 11.3. The van der Waals surface area contributed by atoms with E-state index in [9.17, 15) is 9.59 Å². The number of nitrogens with one attached hydrogen (secondary N) is 2. The van der Waals surface area contributed by atoms with Gasteiger partial charge in [-0.1, -0.05) is 0 Å². The monoisotopic (exact) mass is 400 g/mol. The average molecular weight is 400 g/mol. The van der Waals surface area contributed by atoms with Gasteiger partial charge in [0.2, 0.25) is 0 Å². The SMILES string of the molecule is Cc1ccc(/C=N/NC(=O)c2ccc(C(=O)N/N=C/c3ccc(C)s3)o2)s1. The van der Waals surface area contributed by atoms with Crippen LogP contribution in [0.1, 0.15) is 40.6 Å². The zero-order valence-electron chi connectivity index (χ0n) is 14.6. The number of hydrogen-bond acceptors (Lipinski definition) is 7. The molecule has 0 fully saturated rings. The van der Waals surface area contributed by atoms with Crippen molar-refractivity contribution in [2.45, 2.75) is 13.8 Å². The number of rotatable bonds is 6. The number of hydrogen-bond donors (Lipinski definition) is 2. The third-order valence-corrected chi connectivity index (χ3v) is 5.16. The van der Waals surface area contributed by atoms with Crippen molar-refractivity contribution in [1.29, 1.82) is 0 Å². The number of carbonyl (C=O) groups is 2. The zero-order chi connectivity index (χ0) is 19.2. The van der Waals surface area contributed by atoms with Crippen LogP contribution in [0.15, 0.2) is 51.0 Å². The number of thiophene rings is 2. The minimum atomic E-state index is -0.545. The Kier molecular flexibility index (Phi) is 5.94. The summed E-state index contributed by atoms with van der Waals surface area (Å²) in [5.74, 6) is -1.12. The predicted octanol–water partition coefficient (Wildman–Crippen LogP) is 3.55. The fourth-order valence-corrected chi connectivity index (χ4v) is 3.55. The van der Waals surface area contributed by atoms with Gasteiger partial charge >= 0.3 is 11.8 Å². The first-order valence-electron chi connectivity index (χ1n) is 7.91. The number of nitrogens with zero attached hydrogens (tertiary/aromatic N) is 2. The highest BCUT2D eigenvalue weighted by Gasteiger charge is 2.15. The Morgan fingerprint density at radius 3 is 1.63 bits per heavy atom. The molecule has 0 aliphatic heterocycles. The van der Waals surface area contributed by atoms with Crippen molar-refractivity contribution in [3.05, 3.63) is 67.4 Å². The summed E-state index contributed by atoms with van der Waals surface area (Å²) in [4.78, 5) is 28.2. The molecule has 0 unspecified atom stereocenters. The number of carbonyl (C=O) groups excluding carboxylic acids is 2. The standard InChI is InChI=1S/C18H16N4O3S2/c1-11-3-5-13(26-11)9-19-21-17(23)15-7-8-16(25-15)18(24)22-20-10-14-6-4-12(2)27-14/h3-10H,1-2H3,(H,21,23)(H,22,24)/b19-9+,20-10+. The third kappa shape index (κ3) is 5.22. The summed E-state index contributed by atoms with van der Waals surface area (Å²) in [6.45, 7) is 3.98. The van der Waals surface area contributed by atoms with Crippen LogP contribution in [0.5, 0.6) is 0 Å². The van der Waals surface area contributed by atoms with E-state index < -0.39 is 11.8 Å². The van der Waals surface area contributed by atoms with Crippen LogP contribution in [0, 0.1) is 13.8 Å². The largest absolute Gasteiger partial charge is 0.446 e. The second-order valence-electron chi connectivity index (χ2n) is 5.46. The lowest BCUT2D eigenvalue weighted by Gasteiger charge is -1.96. The van der Waals surface area contributed by atoms with Gasteiger partial charge in [0.15, 0.2) is 11.5 Å². The van der Waals surface area contributed by atoms with E-state index in [1.165, 1.54) is 12.1 Å². The molecule has 0 radical (unpaired) electrons. The fourth-order valence-electron chi connectivity index (χ4n) is 2.05. The fraction of sp³-hybridized carbons (Fsp3) is 0.111. The Balaban J connectivity index is 1.53. The van der Waals surface area contributed by atoms with Crippen LogP contribution in [-0.4, -0.2) is 24.2 Å². The molecular weight excluding hydrogens is 384 g/mol. The summed E-state index contributed by atoms with van der Waals surface area (Å²) in [6.07, 6.45) is 3.10. The molecule has 0 saturated heterocycles. The highest BCUT2D eigenvalue weighted by atomic mass is 32.1. The van der Waals surface area contributed by atoms with Crippen molar-refractivity contribution in [3.63, 3.8) is 0 Å². The smallest absolute Gasteiger partial charge is 0.307 e. The summed E-state index contributed by atoms with van der Waals surface area (Å²) in [7, 11) is 0. The zero-order valence-corrected chi connectivity index (χ0v) is 16.2. The number of hydrazone groups is 2. The first kappa shape index (κ1) is 18.7. The van der Waals surface area contributed by atoms with Gasteiger partial charge in [-0.05, 0) is 50.2 Å². The Bertz CT molecular complexity index is 935. The highest BCUT2D eigenvalue weighted by Crippen LogP contribution is 2.13. The van der Waals surface area contributed by atoms with Crippen LogP contribution in [0.3, 0.4) is 0 Å². The summed E-state index contributed by atoms with van der Waals surface area (Å²) in [5.41, 5.74) is 4.72. The van der Waals surface area contributed by atoms with Gasteiger partial charge in [-0.3, -0.25) is 9.59 Å². The third-order valence-electron chi connectivity index (χ3n) is 3.29. The molecule has 0 bridgehead atoms. The molecule has 0 aliphatic carbocycles. The molecule has 0 aliphatic rings. The maximum atomic E-state index is 12.0. The molecule has 3 aromatic heterocycles. The summed E-state index contributed by atoms with van der Waals surface area (Å²) >= 11 is 3.12. The maximum Gasteiger partial charge on any atom is 0.307 e. The lowest BCUT2D eigenvalue weighted by molar-refractivity contribution is 0.0902. The topological polar surface area (TPSA) is 96.1 Å². The van der Waals surface area contributed by atoms with Crippen LogP contribution in [-0.2, 0) is 0 Å². The quantitative estimate of drug-likeness (QED) is 0.489. The Hall–Kier alpha value is -3.04. The molecule has 9 heteroatoms. The van der Waals surface area contributed by atoms with Crippen molar-refractivity contribution < 1.29 is 14.0 Å². The second kappa shape index (κ2) is 8.56. The second-order valence-corrected chi connectivity index (χ2v) is 8.10. The van der Waals surface area contributed by atoms with Crippen LogP contribution in [0.25, 0.3) is 0 Å². The van der Waals surface area contributed by atoms with Crippen molar-refractivity contribution in [1.82, 2.24) is 10.9 Å². The molecule has 3 rings (SSSR count). The molecule has 0 atom stereocenters. The van der Waals surface area contributed by atoms with Gasteiger partial charge in [-0.2, -0.15) is 10.2 Å². The number of amides is 2. The molecule has 2 N–H and O–H groups in total. The minimum Gasteiger partial charge on any atom is -0.446 e. The van der Waals surface area contributed by atoms with Gasteiger partial charge in [-0.25, -0.2) is 10.9 Å². The van der Waals surface area contributed by atoms with Crippen LogP contribution >= 0.6 is 22.7 Å². The van der Waals surface area contributed by atoms with E-state index in [0.717, 1.165) is 19.5 Å². The van der Waals surface area contributed by atoms with Gasteiger partial charge in [0, 0.05) is 19.5 Å². The van der Waals surface area contributed by atoms with Gasteiger partial charge in [0.25, 0.3) is 0 Å². The van der Waals surface area contributed by atoms with E-state index in [1.54, 1.807) is 35.1 Å². The van der Waals surface area contributed by atoms with E-state index >= 15 is 0 Å². The summed E-state index contributed by atoms with van der Waals surface area (Å²) in [6, 6.07) is 10.6. The molecule has 0 spiro atoms. The van der Waals surface area contributed by atoms with Crippen LogP contribution in [0.4, 0.5) is 0 Å². The Morgan fingerprint density at radius 2 is 1.26 bits per heavy atom. The molecule has 138 valence electrons. The van der Waals surface area contributed by atoms with Crippen molar-refractivity contribution in [2.24, 2.45) is 10.2 Å². The molecule has 3 heterocycles. The Morgan fingerprint density at radius 1 is 0.815 bits per heavy atom. The minimum absolute atomic E-state index is 0.0162. The summed E-state index contributed by atoms with van der Waals surface area (Å²) < 4.78 is 5.25. The van der Waals surface area contributed by atoms with Crippen molar-refractivity contribution >= 4 is 46.9 Å². The Labute approximate surface area is 163 Å². The predicted molar refractivity (Wildman–Crippen MR) is 107 cm³/mol. The average Bonchev–Trinajstić information content (AvgIpc) is 3.36. The van der Waals surface area contributed by atoms with Gasteiger partial charge in [0.1, 0.15) is 0 Å². The van der Waals surface area contributed by atoms with E-state index in [4.69, 9.17) is 4.42 Å². The van der Waals surface area contributed by atoms with Crippen LogP contribution in [0.2, 0.25) is 0 Å². The van der Waals surface area contributed by atoms with Gasteiger partial charge in [-0.15, -0.1) is 22.7 Å². The first-order chi connectivity index (χ1) is 13.0. The molecule has 27 heavy (non-hydrogen) atoms. The van der Waals surface area contributed by atoms with E-state index in [-0.39, 0.29) is 11.5 Å². The van der Waals surface area contributed by atoms with E-state index in [1.807, 2.05) is 38.1 Å². The molecule has 0 saturated carbocycles. The van der Waals surface area contributed by atoms with Crippen LogP contribution < -0.4 is 10.9 Å². The van der Waals surface area contributed by atoms with Crippen molar-refractivity contribution in [3.8, 4) is 0 Å². The van der Waals surface area contributed by atoms with E-state index in [2.05, 4.69) is 21.1 Å². The highest BCUT2D eigenvalue weighted by molar-refractivity contribution is 7.13. The molecular formula is C18H16N4O3S2. The maximum absolute atomic E-state index is 12.0.